The first-order valence-corrected chi connectivity index (χ1v) is 8.02. The standard InChI is InChI=1S/C17H16BrN3O4/c1-25-15-8-11(6-7-14(15)22)9-20-21-16(23)10-19-17(24)12-4-2-3-5-13(12)18/h2-9,22H,10H2,1H3,(H,19,24)(H,21,23)/b20-9+. The van der Waals surface area contributed by atoms with Gasteiger partial charge in [0.2, 0.25) is 0 Å². The van der Waals surface area contributed by atoms with Gasteiger partial charge in [0, 0.05) is 4.47 Å². The number of phenols is 1. The zero-order chi connectivity index (χ0) is 18.2. The van der Waals surface area contributed by atoms with E-state index in [-0.39, 0.29) is 18.2 Å². The summed E-state index contributed by atoms with van der Waals surface area (Å²) in [4.78, 5) is 23.7. The number of aromatic hydroxyl groups is 1. The highest BCUT2D eigenvalue weighted by Gasteiger charge is 2.10. The van der Waals surface area contributed by atoms with Crippen LogP contribution >= 0.6 is 15.9 Å². The van der Waals surface area contributed by atoms with Crippen LogP contribution in [0.3, 0.4) is 0 Å². The molecule has 0 aliphatic heterocycles. The summed E-state index contributed by atoms with van der Waals surface area (Å²) in [6, 6.07) is 11.6. The third-order valence-corrected chi connectivity index (χ3v) is 3.83. The number of phenolic OH excluding ortho intramolecular Hbond substituents is 1. The fourth-order valence-electron chi connectivity index (χ4n) is 1.89. The first-order valence-electron chi connectivity index (χ1n) is 7.23. The summed E-state index contributed by atoms with van der Waals surface area (Å²) in [5.41, 5.74) is 3.38. The molecular formula is C17H16BrN3O4. The van der Waals surface area contributed by atoms with Crippen molar-refractivity contribution in [3.63, 3.8) is 0 Å². The number of nitrogens with one attached hydrogen (secondary N) is 2. The number of halogens is 1. The number of hydrogen-bond acceptors (Lipinski definition) is 5. The van der Waals surface area contributed by atoms with Crippen LogP contribution in [0.15, 0.2) is 52.0 Å². The van der Waals surface area contributed by atoms with E-state index in [9.17, 15) is 14.7 Å². The van der Waals surface area contributed by atoms with Gasteiger partial charge in [-0.3, -0.25) is 9.59 Å². The molecule has 2 aromatic carbocycles. The lowest BCUT2D eigenvalue weighted by molar-refractivity contribution is -0.120. The number of carbonyl (C=O) groups excluding carboxylic acids is 2. The molecule has 0 atom stereocenters. The summed E-state index contributed by atoms with van der Waals surface area (Å²) in [6.45, 7) is -0.212. The lowest BCUT2D eigenvalue weighted by Crippen LogP contribution is -2.35. The van der Waals surface area contributed by atoms with E-state index in [2.05, 4.69) is 31.8 Å². The van der Waals surface area contributed by atoms with Gasteiger partial charge in [-0.05, 0) is 51.8 Å². The fourth-order valence-corrected chi connectivity index (χ4v) is 2.36. The second-order valence-electron chi connectivity index (χ2n) is 4.89. The molecule has 0 unspecified atom stereocenters. The zero-order valence-electron chi connectivity index (χ0n) is 13.3. The third kappa shape index (κ3) is 5.32. The number of amides is 2. The van der Waals surface area contributed by atoms with Crippen molar-refractivity contribution in [2.24, 2.45) is 5.10 Å². The Kier molecular flexibility index (Phi) is 6.53. The Morgan fingerprint density at radius 3 is 2.76 bits per heavy atom. The molecule has 2 rings (SSSR count). The SMILES string of the molecule is COc1cc(/C=N/NC(=O)CNC(=O)c2ccccc2Br)ccc1O. The number of carbonyl (C=O) groups is 2. The van der Waals surface area contributed by atoms with Crippen molar-refractivity contribution in [3.05, 3.63) is 58.1 Å². The second kappa shape index (κ2) is 8.84. The highest BCUT2D eigenvalue weighted by molar-refractivity contribution is 9.10. The molecule has 0 radical (unpaired) electrons. The van der Waals surface area contributed by atoms with Gasteiger partial charge in [-0.25, -0.2) is 5.43 Å². The average molecular weight is 406 g/mol. The largest absolute Gasteiger partial charge is 0.504 e. The maximum atomic E-state index is 12.0. The predicted molar refractivity (Wildman–Crippen MR) is 96.9 cm³/mol. The Balaban J connectivity index is 1.84. The first-order chi connectivity index (χ1) is 12.0. The molecule has 130 valence electrons. The first kappa shape index (κ1) is 18.5. The van der Waals surface area contributed by atoms with Crippen molar-refractivity contribution in [3.8, 4) is 11.5 Å². The highest BCUT2D eigenvalue weighted by atomic mass is 79.9. The number of ether oxygens (including phenoxy) is 1. The third-order valence-electron chi connectivity index (χ3n) is 3.13. The summed E-state index contributed by atoms with van der Waals surface area (Å²) in [5.74, 6) is -0.522. The fraction of sp³-hybridized carbons (Fsp3) is 0.118. The Hall–Kier alpha value is -2.87. The van der Waals surface area contributed by atoms with Crippen molar-refractivity contribution in [1.29, 1.82) is 0 Å². The van der Waals surface area contributed by atoms with Crippen LogP contribution in [-0.4, -0.2) is 36.8 Å². The van der Waals surface area contributed by atoms with Crippen LogP contribution in [0.2, 0.25) is 0 Å². The summed E-state index contributed by atoms with van der Waals surface area (Å²) in [6.07, 6.45) is 1.40. The van der Waals surface area contributed by atoms with Crippen molar-refractivity contribution in [1.82, 2.24) is 10.7 Å². The van der Waals surface area contributed by atoms with Gasteiger partial charge in [-0.1, -0.05) is 12.1 Å². The maximum absolute atomic E-state index is 12.0. The van der Waals surface area contributed by atoms with Crippen molar-refractivity contribution >= 4 is 34.0 Å². The van der Waals surface area contributed by atoms with E-state index in [1.165, 1.54) is 19.4 Å². The van der Waals surface area contributed by atoms with E-state index in [0.29, 0.717) is 21.3 Å². The average Bonchev–Trinajstić information content (AvgIpc) is 2.61. The molecule has 0 fully saturated rings. The minimum Gasteiger partial charge on any atom is -0.504 e. The number of hydrogen-bond donors (Lipinski definition) is 3. The van der Waals surface area contributed by atoms with E-state index in [1.807, 2.05) is 0 Å². The molecule has 3 N–H and O–H groups in total. The van der Waals surface area contributed by atoms with E-state index >= 15 is 0 Å². The van der Waals surface area contributed by atoms with Gasteiger partial charge in [0.25, 0.3) is 11.8 Å². The molecule has 8 heteroatoms. The lowest BCUT2D eigenvalue weighted by Gasteiger charge is -2.06. The molecule has 7 nitrogen and oxygen atoms in total. The van der Waals surface area contributed by atoms with Crippen LogP contribution in [0.25, 0.3) is 0 Å². The molecule has 2 amide bonds. The van der Waals surface area contributed by atoms with Gasteiger partial charge >= 0.3 is 0 Å². The number of methoxy groups -OCH3 is 1. The Morgan fingerprint density at radius 2 is 2.04 bits per heavy atom. The zero-order valence-corrected chi connectivity index (χ0v) is 14.9. The number of hydrazone groups is 1. The molecule has 0 saturated carbocycles. The Morgan fingerprint density at radius 1 is 1.28 bits per heavy atom. The van der Waals surface area contributed by atoms with E-state index < -0.39 is 5.91 Å². The smallest absolute Gasteiger partial charge is 0.259 e. The van der Waals surface area contributed by atoms with E-state index in [0.717, 1.165) is 0 Å². The maximum Gasteiger partial charge on any atom is 0.259 e. The number of nitrogens with zero attached hydrogens (tertiary/aromatic N) is 1. The van der Waals surface area contributed by atoms with Crippen molar-refractivity contribution in [2.45, 2.75) is 0 Å². The summed E-state index contributed by atoms with van der Waals surface area (Å²) in [5, 5.41) is 15.8. The molecular weight excluding hydrogens is 390 g/mol. The number of rotatable bonds is 6. The predicted octanol–water partition coefficient (Wildman–Crippen LogP) is 2.04. The Labute approximate surface area is 152 Å². The molecule has 2 aromatic rings. The minimum absolute atomic E-state index is 0.0125. The molecule has 0 aliphatic carbocycles. The van der Waals surface area contributed by atoms with Crippen LogP contribution in [0, 0.1) is 0 Å². The van der Waals surface area contributed by atoms with Gasteiger partial charge < -0.3 is 15.2 Å². The van der Waals surface area contributed by atoms with Gasteiger partial charge in [-0.15, -0.1) is 0 Å². The molecule has 25 heavy (non-hydrogen) atoms. The van der Waals surface area contributed by atoms with Gasteiger partial charge in [-0.2, -0.15) is 5.10 Å². The van der Waals surface area contributed by atoms with Gasteiger partial charge in [0.15, 0.2) is 11.5 Å². The summed E-state index contributed by atoms with van der Waals surface area (Å²) in [7, 11) is 1.44. The van der Waals surface area contributed by atoms with E-state index in [1.54, 1.807) is 36.4 Å². The van der Waals surface area contributed by atoms with Crippen LogP contribution in [0.5, 0.6) is 11.5 Å². The monoisotopic (exact) mass is 405 g/mol. The quantitative estimate of drug-likeness (QED) is 0.505. The normalized spacial score (nSPS) is 10.5. The van der Waals surface area contributed by atoms with Crippen LogP contribution in [0.4, 0.5) is 0 Å². The van der Waals surface area contributed by atoms with Crippen molar-refractivity contribution < 1.29 is 19.4 Å². The molecule has 0 spiro atoms. The second-order valence-corrected chi connectivity index (χ2v) is 5.74. The molecule has 0 saturated heterocycles. The molecule has 0 aliphatic rings. The highest BCUT2D eigenvalue weighted by Crippen LogP contribution is 2.25. The summed E-state index contributed by atoms with van der Waals surface area (Å²) < 4.78 is 5.62. The molecule has 0 heterocycles. The van der Waals surface area contributed by atoms with Gasteiger partial charge in [0.05, 0.1) is 25.4 Å². The molecule has 0 aromatic heterocycles. The van der Waals surface area contributed by atoms with Crippen LogP contribution < -0.4 is 15.5 Å². The minimum atomic E-state index is -0.470. The lowest BCUT2D eigenvalue weighted by atomic mass is 10.2. The van der Waals surface area contributed by atoms with E-state index in [4.69, 9.17) is 4.74 Å². The topological polar surface area (TPSA) is 100 Å². The van der Waals surface area contributed by atoms with Crippen LogP contribution in [0.1, 0.15) is 15.9 Å². The van der Waals surface area contributed by atoms with Gasteiger partial charge in [0.1, 0.15) is 0 Å². The Bertz CT molecular complexity index is 808. The number of benzene rings is 2. The molecule has 0 bridgehead atoms. The summed E-state index contributed by atoms with van der Waals surface area (Å²) >= 11 is 3.28. The van der Waals surface area contributed by atoms with Crippen LogP contribution in [-0.2, 0) is 4.79 Å². The van der Waals surface area contributed by atoms with Crippen molar-refractivity contribution in [2.75, 3.05) is 13.7 Å².